The lowest BCUT2D eigenvalue weighted by atomic mass is 9.89. The molecule has 1 unspecified atom stereocenters. The van der Waals surface area contributed by atoms with Crippen molar-refractivity contribution in [2.75, 3.05) is 11.5 Å². The predicted molar refractivity (Wildman–Crippen MR) is 173 cm³/mol. The number of rotatable bonds is 13. The van der Waals surface area contributed by atoms with Gasteiger partial charge in [0.25, 0.3) is 0 Å². The molecule has 0 fully saturated rings. The SMILES string of the molecule is CC(C)(O)c1ccccc1CCC(NC(=O)CSCCC(=O)O)c1cccc(/C=C/c2ccc3ccc(Cl)cc3n2)c1. The molecule has 4 aromatic rings. The highest BCUT2D eigenvalue weighted by atomic mass is 35.5. The number of nitrogens with one attached hydrogen (secondary N) is 1. The smallest absolute Gasteiger partial charge is 0.304 e. The van der Waals surface area contributed by atoms with Crippen molar-refractivity contribution in [1.29, 1.82) is 0 Å². The molecule has 6 nitrogen and oxygen atoms in total. The number of halogens is 1. The number of hydrogen-bond acceptors (Lipinski definition) is 5. The molecule has 1 atom stereocenters. The number of aliphatic hydroxyl groups is 1. The van der Waals surface area contributed by atoms with Crippen LogP contribution in [0, 0.1) is 0 Å². The van der Waals surface area contributed by atoms with E-state index >= 15 is 0 Å². The molecule has 0 radical (unpaired) electrons. The highest BCUT2D eigenvalue weighted by Crippen LogP contribution is 2.28. The van der Waals surface area contributed by atoms with Crippen LogP contribution in [0.3, 0.4) is 0 Å². The molecule has 1 aromatic heterocycles. The summed E-state index contributed by atoms with van der Waals surface area (Å²) in [4.78, 5) is 28.4. The van der Waals surface area contributed by atoms with E-state index in [4.69, 9.17) is 21.7 Å². The van der Waals surface area contributed by atoms with Crippen LogP contribution in [0.15, 0.2) is 78.9 Å². The molecule has 8 heteroatoms. The molecule has 1 amide bonds. The molecule has 1 heterocycles. The van der Waals surface area contributed by atoms with E-state index in [1.165, 1.54) is 11.8 Å². The van der Waals surface area contributed by atoms with E-state index in [0.717, 1.165) is 38.9 Å². The van der Waals surface area contributed by atoms with Crippen molar-refractivity contribution >= 4 is 58.3 Å². The van der Waals surface area contributed by atoms with E-state index in [1.54, 1.807) is 13.8 Å². The van der Waals surface area contributed by atoms with Gasteiger partial charge in [-0.25, -0.2) is 4.98 Å². The van der Waals surface area contributed by atoms with Gasteiger partial charge in [-0.2, -0.15) is 11.8 Å². The Hall–Kier alpha value is -3.65. The number of carbonyl (C=O) groups is 2. The average Bonchev–Trinajstić information content (AvgIpc) is 2.96. The van der Waals surface area contributed by atoms with Crippen LogP contribution < -0.4 is 5.32 Å². The monoisotopic (exact) mass is 602 g/mol. The number of fused-ring (bicyclic) bond motifs is 1. The summed E-state index contributed by atoms with van der Waals surface area (Å²) in [6, 6.07) is 25.2. The van der Waals surface area contributed by atoms with Crippen LogP contribution in [0.2, 0.25) is 5.02 Å². The van der Waals surface area contributed by atoms with E-state index in [9.17, 15) is 14.7 Å². The minimum atomic E-state index is -0.983. The van der Waals surface area contributed by atoms with E-state index in [0.29, 0.717) is 23.6 Å². The van der Waals surface area contributed by atoms with Gasteiger partial charge in [0, 0.05) is 16.2 Å². The number of pyridine rings is 1. The zero-order chi connectivity index (χ0) is 30.1. The van der Waals surface area contributed by atoms with Crippen LogP contribution in [-0.2, 0) is 21.6 Å². The first kappa shape index (κ1) is 31.3. The third-order valence-corrected chi connectivity index (χ3v) is 8.04. The largest absolute Gasteiger partial charge is 0.481 e. The van der Waals surface area contributed by atoms with Crippen LogP contribution in [0.5, 0.6) is 0 Å². The summed E-state index contributed by atoms with van der Waals surface area (Å²) in [5.74, 6) is -0.465. The molecule has 0 bridgehead atoms. The lowest BCUT2D eigenvalue weighted by Crippen LogP contribution is -2.30. The molecule has 0 spiro atoms. The number of carboxylic acids is 1. The molecule has 0 aliphatic carbocycles. The van der Waals surface area contributed by atoms with Gasteiger partial charge in [0.05, 0.1) is 35.0 Å². The van der Waals surface area contributed by atoms with Gasteiger partial charge < -0.3 is 15.5 Å². The van der Waals surface area contributed by atoms with Gasteiger partial charge in [0.15, 0.2) is 0 Å². The first-order valence-electron chi connectivity index (χ1n) is 13.8. The van der Waals surface area contributed by atoms with Gasteiger partial charge >= 0.3 is 5.97 Å². The molecule has 3 N–H and O–H groups in total. The summed E-state index contributed by atoms with van der Waals surface area (Å²) in [5.41, 5.74) is 4.46. The molecule has 0 aliphatic heterocycles. The number of carboxylic acid groups (broad SMARTS) is 1. The van der Waals surface area contributed by atoms with Crippen molar-refractivity contribution < 1.29 is 19.8 Å². The van der Waals surface area contributed by atoms with Gasteiger partial charge in [-0.05, 0) is 79.3 Å². The van der Waals surface area contributed by atoms with E-state index in [-0.39, 0.29) is 24.1 Å². The van der Waals surface area contributed by atoms with Gasteiger partial charge in [0.1, 0.15) is 0 Å². The quantitative estimate of drug-likeness (QED) is 0.139. The van der Waals surface area contributed by atoms with Gasteiger partial charge in [0.2, 0.25) is 5.91 Å². The van der Waals surface area contributed by atoms with E-state index < -0.39 is 11.6 Å². The fourth-order valence-corrected chi connectivity index (χ4v) is 5.68. The number of carbonyl (C=O) groups excluding carboxylic acids is 1. The zero-order valence-electron chi connectivity index (χ0n) is 23.7. The summed E-state index contributed by atoms with van der Waals surface area (Å²) >= 11 is 7.45. The molecular weight excluding hydrogens is 568 g/mol. The fraction of sp³-hybridized carbons (Fsp3) is 0.265. The Kier molecular flexibility index (Phi) is 10.8. The average molecular weight is 603 g/mol. The number of thioether (sulfide) groups is 1. The second-order valence-electron chi connectivity index (χ2n) is 10.6. The first-order valence-corrected chi connectivity index (χ1v) is 15.4. The number of hydrogen-bond donors (Lipinski definition) is 3. The van der Waals surface area contributed by atoms with Crippen molar-refractivity contribution in [2.45, 2.75) is 44.8 Å². The maximum atomic E-state index is 12.9. The molecular formula is C34H35ClN2O4S. The lowest BCUT2D eigenvalue weighted by Gasteiger charge is -2.24. The second kappa shape index (κ2) is 14.5. The van der Waals surface area contributed by atoms with Gasteiger partial charge in [-0.1, -0.05) is 72.3 Å². The number of aliphatic carboxylic acids is 1. The number of nitrogens with zero attached hydrogens (tertiary/aromatic N) is 1. The minimum absolute atomic E-state index is 0.0165. The third-order valence-electron chi connectivity index (χ3n) is 6.84. The number of aryl methyl sites for hydroxylation is 1. The summed E-state index contributed by atoms with van der Waals surface area (Å²) in [7, 11) is 0. The molecule has 218 valence electrons. The molecule has 4 rings (SSSR count). The van der Waals surface area contributed by atoms with Crippen molar-refractivity contribution in [3.63, 3.8) is 0 Å². The van der Waals surface area contributed by atoms with Crippen molar-refractivity contribution in [2.24, 2.45) is 0 Å². The summed E-state index contributed by atoms with van der Waals surface area (Å²) < 4.78 is 0. The van der Waals surface area contributed by atoms with Crippen LogP contribution >= 0.6 is 23.4 Å². The Morgan fingerprint density at radius 1 is 1.02 bits per heavy atom. The zero-order valence-corrected chi connectivity index (χ0v) is 25.3. The molecule has 42 heavy (non-hydrogen) atoms. The highest BCUT2D eigenvalue weighted by molar-refractivity contribution is 7.99. The Bertz CT molecular complexity index is 1580. The topological polar surface area (TPSA) is 99.5 Å². The summed E-state index contributed by atoms with van der Waals surface area (Å²) in [6.45, 7) is 3.54. The Morgan fingerprint density at radius 2 is 1.81 bits per heavy atom. The van der Waals surface area contributed by atoms with Crippen LogP contribution in [0.1, 0.15) is 60.7 Å². The fourth-order valence-electron chi connectivity index (χ4n) is 4.78. The molecule has 0 aliphatic rings. The second-order valence-corrected chi connectivity index (χ2v) is 12.2. The van der Waals surface area contributed by atoms with Crippen molar-refractivity contribution in [3.05, 3.63) is 112 Å². The number of aromatic nitrogens is 1. The van der Waals surface area contributed by atoms with Crippen LogP contribution in [0.25, 0.3) is 23.1 Å². The van der Waals surface area contributed by atoms with Crippen LogP contribution in [-0.4, -0.2) is 38.6 Å². The molecule has 0 saturated carbocycles. The number of amides is 1. The third kappa shape index (κ3) is 9.18. The van der Waals surface area contributed by atoms with E-state index in [1.807, 2.05) is 84.9 Å². The Balaban J connectivity index is 1.54. The Morgan fingerprint density at radius 3 is 2.60 bits per heavy atom. The molecule has 0 saturated heterocycles. The van der Waals surface area contributed by atoms with E-state index in [2.05, 4.69) is 11.4 Å². The first-order chi connectivity index (χ1) is 20.1. The highest BCUT2D eigenvalue weighted by Gasteiger charge is 2.21. The molecule has 3 aromatic carbocycles. The van der Waals surface area contributed by atoms with Gasteiger partial charge in [-0.3, -0.25) is 9.59 Å². The number of benzene rings is 3. The maximum absolute atomic E-state index is 12.9. The maximum Gasteiger partial charge on any atom is 0.304 e. The van der Waals surface area contributed by atoms with Crippen LogP contribution in [0.4, 0.5) is 0 Å². The minimum Gasteiger partial charge on any atom is -0.481 e. The predicted octanol–water partition coefficient (Wildman–Crippen LogP) is 7.28. The normalized spacial score (nSPS) is 12.5. The lowest BCUT2D eigenvalue weighted by molar-refractivity contribution is -0.136. The summed E-state index contributed by atoms with van der Waals surface area (Å²) in [6.07, 6.45) is 5.24. The van der Waals surface area contributed by atoms with Crippen molar-refractivity contribution in [3.8, 4) is 0 Å². The standard InChI is InChI=1S/C34H35ClN2O4S/c1-34(2,41)29-9-4-3-7-24(29)13-17-30(37-32(38)22-42-19-18-33(39)40)26-8-5-6-23(20-26)10-15-28-16-12-25-11-14-27(35)21-31(25)36-28/h3-12,14-16,20-21,30,41H,13,17-19,22H2,1-2H3,(H,37,38)(H,39,40)/b15-10+. The Labute approximate surface area is 255 Å². The van der Waals surface area contributed by atoms with Crippen molar-refractivity contribution in [1.82, 2.24) is 10.3 Å². The summed E-state index contributed by atoms with van der Waals surface area (Å²) in [5, 5.41) is 24.4. The van der Waals surface area contributed by atoms with Gasteiger partial charge in [-0.15, -0.1) is 0 Å².